The Hall–Kier alpha value is -1.63. The molecule has 1 aromatic rings. The number of ketones is 1. The van der Waals surface area contributed by atoms with E-state index in [0.717, 1.165) is 6.21 Å². The summed E-state index contributed by atoms with van der Waals surface area (Å²) in [5.41, 5.74) is 0.0490. The lowest BCUT2D eigenvalue weighted by Gasteiger charge is -2.13. The molecule has 1 atom stereocenters. The first-order chi connectivity index (χ1) is 11.6. The quantitative estimate of drug-likeness (QED) is 0.336. The maximum atomic E-state index is 12.0. The number of hydrogen-bond acceptors (Lipinski definition) is 5. The van der Waals surface area contributed by atoms with Crippen molar-refractivity contribution in [3.05, 3.63) is 26.7 Å². The molecule has 136 valence electrons. The van der Waals surface area contributed by atoms with Gasteiger partial charge in [-0.25, -0.2) is 0 Å². The normalized spacial score (nSPS) is 12.3. The van der Waals surface area contributed by atoms with Crippen LogP contribution in [0.2, 0.25) is 15.1 Å². The summed E-state index contributed by atoms with van der Waals surface area (Å²) in [7, 11) is 1.41. The molecule has 1 aromatic carbocycles. The predicted molar refractivity (Wildman–Crippen MR) is 98.4 cm³/mol. The molecule has 1 unspecified atom stereocenters. The van der Waals surface area contributed by atoms with Gasteiger partial charge in [-0.15, -0.1) is 0 Å². The largest absolute Gasteiger partial charge is 0.462 e. The molecule has 1 amide bonds. The minimum Gasteiger partial charge on any atom is -0.462 e. The van der Waals surface area contributed by atoms with Crippen LogP contribution >= 0.6 is 34.8 Å². The number of carbonyl (C=O) groups is 3. The van der Waals surface area contributed by atoms with Crippen molar-refractivity contribution in [2.75, 3.05) is 7.05 Å². The van der Waals surface area contributed by atoms with Crippen LogP contribution in [0.25, 0.3) is 0 Å². The maximum absolute atomic E-state index is 12.0. The van der Waals surface area contributed by atoms with Crippen LogP contribution in [0, 0.1) is 5.92 Å². The molecule has 1 rings (SSSR count). The average Bonchev–Trinajstić information content (AvgIpc) is 2.51. The molecule has 0 fully saturated rings. The Morgan fingerprint density at radius 1 is 1.20 bits per heavy atom. The maximum Gasteiger partial charge on any atom is 0.322 e. The average molecular weight is 408 g/mol. The number of ether oxygens (including phenoxy) is 1. The lowest BCUT2D eigenvalue weighted by molar-refractivity contribution is -0.151. The Morgan fingerprint density at radius 2 is 1.80 bits per heavy atom. The molecule has 1 N–H and O–H groups in total. The van der Waals surface area contributed by atoms with E-state index in [2.05, 4.69) is 10.3 Å². The second-order valence-corrected chi connectivity index (χ2v) is 6.47. The monoisotopic (exact) mass is 406 g/mol. The zero-order valence-electron chi connectivity index (χ0n) is 14.0. The Morgan fingerprint density at radius 3 is 2.28 bits per heavy atom. The number of nitrogens with zero attached hydrogens (tertiary/aromatic N) is 1. The summed E-state index contributed by atoms with van der Waals surface area (Å²) >= 11 is 18.2. The van der Waals surface area contributed by atoms with Gasteiger partial charge in [0.15, 0.2) is 5.92 Å². The zero-order chi connectivity index (χ0) is 19.3. The molecule has 0 aliphatic rings. The third-order valence-corrected chi connectivity index (χ3v) is 4.17. The SMILES string of the molecule is CNC(=O)c1c(Cl)c(Cl)cc(N=CC(C(C)=O)C(=O)OC(C)C)c1Cl. The van der Waals surface area contributed by atoms with Gasteiger partial charge in [-0.05, 0) is 26.8 Å². The first-order valence-electron chi connectivity index (χ1n) is 7.24. The number of hydrogen-bond donors (Lipinski definition) is 1. The van der Waals surface area contributed by atoms with Crippen LogP contribution in [0.3, 0.4) is 0 Å². The highest BCUT2D eigenvalue weighted by molar-refractivity contribution is 6.47. The number of rotatable bonds is 6. The van der Waals surface area contributed by atoms with Gasteiger partial charge in [0.05, 0.1) is 32.4 Å². The van der Waals surface area contributed by atoms with Gasteiger partial charge >= 0.3 is 5.97 Å². The Kier molecular flexibility index (Phi) is 7.86. The van der Waals surface area contributed by atoms with E-state index >= 15 is 0 Å². The van der Waals surface area contributed by atoms with Gasteiger partial charge in [-0.2, -0.15) is 0 Å². The van der Waals surface area contributed by atoms with E-state index in [1.54, 1.807) is 13.8 Å². The van der Waals surface area contributed by atoms with Crippen LogP contribution in [0.4, 0.5) is 5.69 Å². The summed E-state index contributed by atoms with van der Waals surface area (Å²) in [4.78, 5) is 39.6. The molecule has 0 spiro atoms. The van der Waals surface area contributed by atoms with Gasteiger partial charge < -0.3 is 10.1 Å². The zero-order valence-corrected chi connectivity index (χ0v) is 16.3. The molecule has 0 saturated carbocycles. The number of benzene rings is 1. The standard InChI is InChI=1S/C16H17Cl3N2O4/c1-7(2)25-16(24)9(8(3)22)6-21-11-5-10(17)13(18)12(14(11)19)15(23)20-4/h5-7,9H,1-4H3,(H,20,23). The van der Waals surface area contributed by atoms with Crippen molar-refractivity contribution in [1.29, 1.82) is 0 Å². The molecule has 0 radical (unpaired) electrons. The van der Waals surface area contributed by atoms with E-state index < -0.39 is 23.6 Å². The molecule has 0 aliphatic carbocycles. The van der Waals surface area contributed by atoms with Crippen molar-refractivity contribution in [2.24, 2.45) is 10.9 Å². The third kappa shape index (κ3) is 5.42. The molecule has 0 heterocycles. The molecule has 0 aliphatic heterocycles. The highest BCUT2D eigenvalue weighted by atomic mass is 35.5. The summed E-state index contributed by atoms with van der Waals surface area (Å²) in [6, 6.07) is 1.33. The number of esters is 1. The van der Waals surface area contributed by atoms with Crippen LogP contribution < -0.4 is 5.32 Å². The Bertz CT molecular complexity index is 733. The van der Waals surface area contributed by atoms with E-state index in [-0.39, 0.29) is 32.4 Å². The summed E-state index contributed by atoms with van der Waals surface area (Å²) in [5, 5.41) is 2.38. The number of carbonyl (C=O) groups excluding carboxylic acids is 3. The smallest absolute Gasteiger partial charge is 0.322 e. The number of amides is 1. The highest BCUT2D eigenvalue weighted by Crippen LogP contribution is 2.38. The van der Waals surface area contributed by atoms with Crippen molar-refractivity contribution in [1.82, 2.24) is 5.32 Å². The van der Waals surface area contributed by atoms with Crippen LogP contribution in [0.1, 0.15) is 31.1 Å². The molecule has 0 saturated heterocycles. The van der Waals surface area contributed by atoms with Crippen molar-refractivity contribution in [3.8, 4) is 0 Å². The predicted octanol–water partition coefficient (Wildman–Crippen LogP) is 3.87. The minimum atomic E-state index is -1.20. The van der Waals surface area contributed by atoms with Crippen LogP contribution in [-0.2, 0) is 14.3 Å². The highest BCUT2D eigenvalue weighted by Gasteiger charge is 2.25. The van der Waals surface area contributed by atoms with Gasteiger partial charge in [0.25, 0.3) is 5.91 Å². The number of aliphatic imine (C=N–C) groups is 1. The van der Waals surface area contributed by atoms with E-state index in [9.17, 15) is 14.4 Å². The van der Waals surface area contributed by atoms with Crippen molar-refractivity contribution in [2.45, 2.75) is 26.9 Å². The van der Waals surface area contributed by atoms with Gasteiger partial charge in [-0.3, -0.25) is 19.4 Å². The van der Waals surface area contributed by atoms with Crippen molar-refractivity contribution >= 4 is 64.4 Å². The fraction of sp³-hybridized carbons (Fsp3) is 0.375. The van der Waals surface area contributed by atoms with Crippen molar-refractivity contribution < 1.29 is 19.1 Å². The lowest BCUT2D eigenvalue weighted by Crippen LogP contribution is -2.27. The summed E-state index contributed by atoms with van der Waals surface area (Å²) in [5.74, 6) is -2.92. The number of halogens is 3. The minimum absolute atomic E-state index is 0.0210. The van der Waals surface area contributed by atoms with E-state index in [4.69, 9.17) is 39.5 Å². The van der Waals surface area contributed by atoms with E-state index in [1.807, 2.05) is 0 Å². The molecular weight excluding hydrogens is 391 g/mol. The van der Waals surface area contributed by atoms with Gasteiger partial charge in [0.2, 0.25) is 0 Å². The van der Waals surface area contributed by atoms with Crippen LogP contribution in [0.5, 0.6) is 0 Å². The number of Topliss-reactive ketones (excluding diaryl/α,β-unsaturated/α-hetero) is 1. The van der Waals surface area contributed by atoms with Crippen molar-refractivity contribution in [3.63, 3.8) is 0 Å². The molecule has 6 nitrogen and oxygen atoms in total. The van der Waals surface area contributed by atoms with Gasteiger partial charge in [0, 0.05) is 13.3 Å². The van der Waals surface area contributed by atoms with Gasteiger partial charge in [-0.1, -0.05) is 34.8 Å². The molecule has 0 aromatic heterocycles. The topological polar surface area (TPSA) is 84.8 Å². The summed E-state index contributed by atoms with van der Waals surface area (Å²) in [6.45, 7) is 4.57. The summed E-state index contributed by atoms with van der Waals surface area (Å²) in [6.07, 6.45) is 0.725. The lowest BCUT2D eigenvalue weighted by atomic mass is 10.1. The van der Waals surface area contributed by atoms with E-state index in [1.165, 1.54) is 20.0 Å². The van der Waals surface area contributed by atoms with Crippen LogP contribution in [-0.4, -0.2) is 37.0 Å². The van der Waals surface area contributed by atoms with Crippen LogP contribution in [0.15, 0.2) is 11.1 Å². The Balaban J connectivity index is 3.30. The van der Waals surface area contributed by atoms with Gasteiger partial charge in [0.1, 0.15) is 5.78 Å². The first-order valence-corrected chi connectivity index (χ1v) is 8.38. The fourth-order valence-electron chi connectivity index (χ4n) is 1.80. The van der Waals surface area contributed by atoms with E-state index in [0.29, 0.717) is 0 Å². The Labute approximate surface area is 160 Å². The number of nitrogens with one attached hydrogen (secondary N) is 1. The molecular formula is C16H17Cl3N2O4. The first kappa shape index (κ1) is 21.4. The fourth-order valence-corrected chi connectivity index (χ4v) is 2.57. The summed E-state index contributed by atoms with van der Waals surface area (Å²) < 4.78 is 5.02. The second kappa shape index (κ2) is 9.17. The third-order valence-electron chi connectivity index (χ3n) is 3.00. The molecule has 9 heteroatoms. The molecule has 0 bridgehead atoms. The second-order valence-electron chi connectivity index (χ2n) is 5.31. The molecule has 25 heavy (non-hydrogen) atoms.